The number of benzene rings is 1. The van der Waals surface area contributed by atoms with E-state index in [1.165, 1.54) is 12.1 Å². The van der Waals surface area contributed by atoms with Crippen LogP contribution in [-0.4, -0.2) is 25.9 Å². The van der Waals surface area contributed by atoms with E-state index in [4.69, 9.17) is 0 Å². The van der Waals surface area contributed by atoms with Crippen molar-refractivity contribution in [1.82, 2.24) is 20.0 Å². The summed E-state index contributed by atoms with van der Waals surface area (Å²) >= 11 is 0. The molecule has 0 saturated carbocycles. The third-order valence-electron chi connectivity index (χ3n) is 2.92. The summed E-state index contributed by atoms with van der Waals surface area (Å²) in [7, 11) is 1.76. The van der Waals surface area contributed by atoms with Crippen molar-refractivity contribution in [2.45, 2.75) is 0 Å². The molecule has 0 unspecified atom stereocenters. The fourth-order valence-corrected chi connectivity index (χ4v) is 1.87. The van der Waals surface area contributed by atoms with E-state index in [0.29, 0.717) is 17.2 Å². The molecule has 0 fully saturated rings. The summed E-state index contributed by atoms with van der Waals surface area (Å²) in [4.78, 5) is 12.0. The molecule has 6 nitrogen and oxygen atoms in total. The number of H-pyrrole nitrogens is 1. The van der Waals surface area contributed by atoms with Crippen LogP contribution in [0.5, 0.6) is 0 Å². The zero-order valence-corrected chi connectivity index (χ0v) is 11.2. The summed E-state index contributed by atoms with van der Waals surface area (Å²) in [6.07, 6.45) is 1.73. The minimum Gasteiger partial charge on any atom is -0.304 e. The van der Waals surface area contributed by atoms with Crippen LogP contribution in [0.15, 0.2) is 42.6 Å². The summed E-state index contributed by atoms with van der Waals surface area (Å²) in [5, 5.41) is 13.4. The maximum atomic E-state index is 12.9. The molecule has 0 spiro atoms. The minimum atomic E-state index is -0.338. The highest BCUT2D eigenvalue weighted by Crippen LogP contribution is 2.18. The second-order valence-corrected chi connectivity index (χ2v) is 4.50. The lowest BCUT2D eigenvalue weighted by Crippen LogP contribution is -2.12. The number of nitrogens with one attached hydrogen (secondary N) is 2. The normalized spacial score (nSPS) is 10.6. The molecule has 106 valence electrons. The molecule has 0 aliphatic carbocycles. The number of nitrogens with zero attached hydrogens (tertiary/aromatic N) is 3. The number of aromatic amines is 1. The average molecular weight is 285 g/mol. The maximum absolute atomic E-state index is 12.9. The quantitative estimate of drug-likeness (QED) is 0.774. The largest absolute Gasteiger partial charge is 0.304 e. The molecule has 0 aliphatic heterocycles. The average Bonchev–Trinajstić information content (AvgIpc) is 3.09. The molecule has 2 heterocycles. The number of anilines is 1. The molecule has 1 amide bonds. The van der Waals surface area contributed by atoms with Gasteiger partial charge >= 0.3 is 0 Å². The predicted molar refractivity (Wildman–Crippen MR) is 75.1 cm³/mol. The van der Waals surface area contributed by atoms with Gasteiger partial charge in [0.25, 0.3) is 5.91 Å². The van der Waals surface area contributed by atoms with Crippen molar-refractivity contribution in [2.75, 3.05) is 5.32 Å². The van der Waals surface area contributed by atoms with Crippen LogP contribution >= 0.6 is 0 Å². The van der Waals surface area contributed by atoms with Gasteiger partial charge in [-0.2, -0.15) is 10.2 Å². The van der Waals surface area contributed by atoms with Crippen LogP contribution in [0.25, 0.3) is 11.3 Å². The Hall–Kier alpha value is -2.96. The Morgan fingerprint density at radius 1 is 1.29 bits per heavy atom. The fourth-order valence-electron chi connectivity index (χ4n) is 1.87. The predicted octanol–water partition coefficient (Wildman–Crippen LogP) is 2.20. The Morgan fingerprint density at radius 2 is 2.05 bits per heavy atom. The summed E-state index contributed by atoms with van der Waals surface area (Å²) < 4.78 is 14.5. The van der Waals surface area contributed by atoms with E-state index < -0.39 is 0 Å². The van der Waals surface area contributed by atoms with Gasteiger partial charge in [0.15, 0.2) is 5.82 Å². The number of rotatable bonds is 3. The first-order valence-electron chi connectivity index (χ1n) is 6.24. The summed E-state index contributed by atoms with van der Waals surface area (Å²) in [5.41, 5.74) is 1.60. The first-order chi connectivity index (χ1) is 10.1. The van der Waals surface area contributed by atoms with Crippen molar-refractivity contribution in [3.63, 3.8) is 0 Å². The van der Waals surface area contributed by atoms with Crippen LogP contribution in [0.3, 0.4) is 0 Å². The van der Waals surface area contributed by atoms with Gasteiger partial charge < -0.3 is 5.32 Å². The lowest BCUT2D eigenvalue weighted by molar-refractivity contribution is 0.102. The van der Waals surface area contributed by atoms with Crippen LogP contribution in [-0.2, 0) is 7.05 Å². The van der Waals surface area contributed by atoms with Gasteiger partial charge in [-0.3, -0.25) is 14.6 Å². The van der Waals surface area contributed by atoms with Crippen molar-refractivity contribution < 1.29 is 9.18 Å². The molecular weight excluding hydrogens is 273 g/mol. The molecule has 21 heavy (non-hydrogen) atoms. The highest BCUT2D eigenvalue weighted by Gasteiger charge is 2.12. The standard InChI is InChI=1S/C14H12FN5O/c1-20-7-6-13(19-20)16-14(21)12-8-11(17-18-12)9-2-4-10(15)5-3-9/h2-8H,1H3,(H,17,18)(H,16,19,21). The molecule has 2 aromatic heterocycles. The number of aromatic nitrogens is 4. The van der Waals surface area contributed by atoms with Crippen molar-refractivity contribution in [3.05, 3.63) is 54.1 Å². The van der Waals surface area contributed by atoms with Gasteiger partial charge in [0, 0.05) is 24.9 Å². The van der Waals surface area contributed by atoms with Crippen LogP contribution in [0.1, 0.15) is 10.5 Å². The summed E-state index contributed by atoms with van der Waals surface area (Å²) in [6.45, 7) is 0. The molecule has 0 atom stereocenters. The lowest BCUT2D eigenvalue weighted by Gasteiger charge is -1.98. The number of amides is 1. The minimum absolute atomic E-state index is 0.306. The molecule has 3 aromatic rings. The van der Waals surface area contributed by atoms with Gasteiger partial charge in [-0.1, -0.05) is 0 Å². The van der Waals surface area contributed by atoms with Gasteiger partial charge in [-0.25, -0.2) is 4.39 Å². The number of carbonyl (C=O) groups is 1. The van der Waals surface area contributed by atoms with Crippen molar-refractivity contribution in [1.29, 1.82) is 0 Å². The van der Waals surface area contributed by atoms with Crippen molar-refractivity contribution in [3.8, 4) is 11.3 Å². The topological polar surface area (TPSA) is 75.6 Å². The number of hydrogen-bond donors (Lipinski definition) is 2. The Balaban J connectivity index is 1.78. The molecule has 1 aromatic carbocycles. The summed E-state index contributed by atoms with van der Waals surface area (Å²) in [6, 6.07) is 9.19. The van der Waals surface area contributed by atoms with E-state index in [-0.39, 0.29) is 11.7 Å². The van der Waals surface area contributed by atoms with Gasteiger partial charge in [0.2, 0.25) is 0 Å². The van der Waals surface area contributed by atoms with Gasteiger partial charge in [-0.05, 0) is 30.3 Å². The van der Waals surface area contributed by atoms with E-state index >= 15 is 0 Å². The first kappa shape index (κ1) is 13.0. The molecule has 7 heteroatoms. The third-order valence-corrected chi connectivity index (χ3v) is 2.92. The molecule has 3 rings (SSSR count). The molecule has 0 bridgehead atoms. The van der Waals surface area contributed by atoms with Crippen molar-refractivity contribution >= 4 is 11.7 Å². The van der Waals surface area contributed by atoms with Crippen LogP contribution < -0.4 is 5.32 Å². The van der Waals surface area contributed by atoms with E-state index in [2.05, 4.69) is 20.6 Å². The van der Waals surface area contributed by atoms with E-state index in [1.807, 2.05) is 0 Å². The van der Waals surface area contributed by atoms with E-state index in [9.17, 15) is 9.18 Å². The number of hydrogen-bond acceptors (Lipinski definition) is 3. The molecule has 0 aliphatic rings. The number of halogens is 1. The molecular formula is C14H12FN5O. The zero-order chi connectivity index (χ0) is 14.8. The number of carbonyl (C=O) groups excluding carboxylic acids is 1. The fraction of sp³-hybridized carbons (Fsp3) is 0.0714. The summed E-state index contributed by atoms with van der Waals surface area (Å²) in [5.74, 6) is -0.197. The maximum Gasteiger partial charge on any atom is 0.274 e. The first-order valence-corrected chi connectivity index (χ1v) is 6.24. The highest BCUT2D eigenvalue weighted by atomic mass is 19.1. The van der Waals surface area contributed by atoms with Crippen LogP contribution in [0.4, 0.5) is 10.2 Å². The Kier molecular flexibility index (Phi) is 3.23. The second-order valence-electron chi connectivity index (χ2n) is 4.50. The zero-order valence-electron chi connectivity index (χ0n) is 11.2. The lowest BCUT2D eigenvalue weighted by atomic mass is 10.1. The monoisotopic (exact) mass is 285 g/mol. The third kappa shape index (κ3) is 2.81. The smallest absolute Gasteiger partial charge is 0.274 e. The van der Waals surface area contributed by atoms with Gasteiger partial charge in [-0.15, -0.1) is 0 Å². The Morgan fingerprint density at radius 3 is 2.71 bits per heavy atom. The Bertz CT molecular complexity index is 775. The Labute approximate surface area is 119 Å². The van der Waals surface area contributed by atoms with Crippen molar-refractivity contribution in [2.24, 2.45) is 7.05 Å². The van der Waals surface area contributed by atoms with Gasteiger partial charge in [0.1, 0.15) is 11.5 Å². The van der Waals surface area contributed by atoms with E-state index in [1.54, 1.807) is 42.2 Å². The van der Waals surface area contributed by atoms with Crippen LogP contribution in [0.2, 0.25) is 0 Å². The highest BCUT2D eigenvalue weighted by molar-refractivity contribution is 6.02. The van der Waals surface area contributed by atoms with Gasteiger partial charge in [0.05, 0.1) is 5.69 Å². The molecule has 0 radical (unpaired) electrons. The SMILES string of the molecule is Cn1ccc(NC(=O)c2cc(-c3ccc(F)cc3)n[nH]2)n1. The van der Waals surface area contributed by atoms with E-state index in [0.717, 1.165) is 5.56 Å². The molecule has 0 saturated heterocycles. The van der Waals surface area contributed by atoms with Crippen LogP contribution in [0, 0.1) is 5.82 Å². The second kappa shape index (κ2) is 5.20. The number of aryl methyl sites for hydroxylation is 1. The molecule has 2 N–H and O–H groups in total.